The Balaban J connectivity index is 1.31. The Bertz CT molecular complexity index is 1120. The molecule has 1 saturated heterocycles. The third-order valence-electron chi connectivity index (χ3n) is 6.16. The second-order valence-electron chi connectivity index (χ2n) is 8.90. The van der Waals surface area contributed by atoms with Crippen LogP contribution in [0, 0.1) is 0 Å². The van der Waals surface area contributed by atoms with E-state index in [1.54, 1.807) is 18.3 Å². The van der Waals surface area contributed by atoms with Crippen LogP contribution in [0.1, 0.15) is 41.9 Å². The lowest BCUT2D eigenvalue weighted by molar-refractivity contribution is 0.0924. The number of aryl methyl sites for hydroxylation is 1. The van der Waals surface area contributed by atoms with E-state index in [0.717, 1.165) is 42.9 Å². The van der Waals surface area contributed by atoms with Crippen LogP contribution >= 0.6 is 0 Å². The normalized spacial score (nSPS) is 17.0. The van der Waals surface area contributed by atoms with Crippen LogP contribution in [0.25, 0.3) is 11.3 Å². The van der Waals surface area contributed by atoms with Crippen LogP contribution in [-0.2, 0) is 11.8 Å². The smallest absolute Gasteiger partial charge is 0.251 e. The Morgan fingerprint density at radius 2 is 1.94 bits per heavy atom. The summed E-state index contributed by atoms with van der Waals surface area (Å²) in [6.07, 6.45) is 5.81. The summed E-state index contributed by atoms with van der Waals surface area (Å²) in [6, 6.07) is 11.7. The van der Waals surface area contributed by atoms with Crippen LogP contribution in [0.15, 0.2) is 48.8 Å². The zero-order valence-electron chi connectivity index (χ0n) is 17.8. The zero-order valence-corrected chi connectivity index (χ0v) is 17.8. The summed E-state index contributed by atoms with van der Waals surface area (Å²) in [6.45, 7) is 6.20. The third-order valence-corrected chi connectivity index (χ3v) is 6.16. The van der Waals surface area contributed by atoms with Crippen molar-refractivity contribution in [3.63, 3.8) is 0 Å². The molecule has 1 fully saturated rings. The fraction of sp³-hybridized carbons (Fsp3) is 0.333. The maximum atomic E-state index is 12.3. The summed E-state index contributed by atoms with van der Waals surface area (Å²) in [5.41, 5.74) is 5.95. The summed E-state index contributed by atoms with van der Waals surface area (Å²) >= 11 is 0. The fourth-order valence-electron chi connectivity index (χ4n) is 4.06. The van der Waals surface area contributed by atoms with Gasteiger partial charge in [0.15, 0.2) is 0 Å². The molecule has 7 nitrogen and oxygen atoms in total. The lowest BCUT2D eigenvalue weighted by Crippen LogP contribution is -2.56. The summed E-state index contributed by atoms with van der Waals surface area (Å²) in [4.78, 5) is 26.0. The van der Waals surface area contributed by atoms with E-state index in [0.29, 0.717) is 11.5 Å². The quantitative estimate of drug-likeness (QED) is 0.594. The molecule has 5 rings (SSSR count). The predicted octanol–water partition coefficient (Wildman–Crippen LogP) is 3.21. The monoisotopic (exact) mass is 414 g/mol. The van der Waals surface area contributed by atoms with E-state index in [2.05, 4.69) is 50.8 Å². The second kappa shape index (κ2) is 7.74. The molecule has 0 unspecified atom stereocenters. The van der Waals surface area contributed by atoms with Crippen LogP contribution in [0.3, 0.4) is 0 Å². The maximum Gasteiger partial charge on any atom is 0.251 e. The van der Waals surface area contributed by atoms with Crippen molar-refractivity contribution in [3.05, 3.63) is 65.6 Å². The molecule has 7 heteroatoms. The first-order chi connectivity index (χ1) is 15.0. The van der Waals surface area contributed by atoms with Crippen molar-refractivity contribution in [2.45, 2.75) is 38.1 Å². The maximum absolute atomic E-state index is 12.3. The number of hydrogen-bond acceptors (Lipinski definition) is 6. The zero-order chi connectivity index (χ0) is 21.4. The lowest BCUT2D eigenvalue weighted by atomic mass is 9.86. The first-order valence-electron chi connectivity index (χ1n) is 10.7. The Morgan fingerprint density at radius 1 is 1.13 bits per heavy atom. The number of rotatable bonds is 5. The number of anilines is 2. The molecule has 0 atom stereocenters. The van der Waals surface area contributed by atoms with Crippen LogP contribution in [0.4, 0.5) is 11.6 Å². The van der Waals surface area contributed by atoms with Crippen LogP contribution < -0.4 is 16.0 Å². The number of nitrogens with one attached hydrogen (secondary N) is 3. The van der Waals surface area contributed by atoms with Crippen LogP contribution in [0.2, 0.25) is 0 Å². The van der Waals surface area contributed by atoms with Crippen molar-refractivity contribution in [3.8, 4) is 11.3 Å². The van der Waals surface area contributed by atoms with Gasteiger partial charge in [-0.25, -0.2) is 9.97 Å². The molecule has 2 aliphatic rings. The van der Waals surface area contributed by atoms with E-state index in [-0.39, 0.29) is 17.4 Å². The average molecular weight is 415 g/mol. The number of aromatic nitrogens is 3. The molecule has 0 radical (unpaired) electrons. The summed E-state index contributed by atoms with van der Waals surface area (Å²) in [7, 11) is 0. The van der Waals surface area contributed by atoms with Gasteiger partial charge in [-0.3, -0.25) is 9.78 Å². The first-order valence-corrected chi connectivity index (χ1v) is 10.7. The van der Waals surface area contributed by atoms with E-state index >= 15 is 0 Å². The molecule has 1 aliphatic carbocycles. The predicted molar refractivity (Wildman–Crippen MR) is 120 cm³/mol. The first kappa shape index (κ1) is 19.6. The Labute approximate surface area is 181 Å². The van der Waals surface area contributed by atoms with Crippen molar-refractivity contribution >= 4 is 17.5 Å². The molecule has 1 aromatic carbocycles. The lowest BCUT2D eigenvalue weighted by Gasteiger charge is -2.27. The van der Waals surface area contributed by atoms with Gasteiger partial charge in [0.2, 0.25) is 5.95 Å². The van der Waals surface area contributed by atoms with Gasteiger partial charge in [-0.1, -0.05) is 13.8 Å². The SMILES string of the molecule is CC1(C)CCc2ncc(-c3ccnc(Nc4ccc(C(=O)NC5CNC5)cc4)n3)cc21. The highest BCUT2D eigenvalue weighted by atomic mass is 16.1. The molecular weight excluding hydrogens is 388 g/mol. The molecule has 3 heterocycles. The van der Waals surface area contributed by atoms with Crippen molar-refractivity contribution in [1.82, 2.24) is 25.6 Å². The van der Waals surface area contributed by atoms with Gasteiger partial charge >= 0.3 is 0 Å². The molecule has 3 N–H and O–H groups in total. The molecule has 1 amide bonds. The van der Waals surface area contributed by atoms with Gasteiger partial charge in [0.1, 0.15) is 0 Å². The Hall–Kier alpha value is -3.32. The highest BCUT2D eigenvalue weighted by Crippen LogP contribution is 2.38. The van der Waals surface area contributed by atoms with Crippen molar-refractivity contribution in [1.29, 1.82) is 0 Å². The van der Waals surface area contributed by atoms with Crippen molar-refractivity contribution < 1.29 is 4.79 Å². The van der Waals surface area contributed by atoms with Gasteiger partial charge in [0.05, 0.1) is 11.7 Å². The fourth-order valence-corrected chi connectivity index (χ4v) is 4.06. The molecular formula is C24H26N6O. The summed E-state index contributed by atoms with van der Waals surface area (Å²) in [5, 5.41) is 9.37. The van der Waals surface area contributed by atoms with Gasteiger partial charge in [0, 0.05) is 48.0 Å². The van der Waals surface area contributed by atoms with E-state index < -0.39 is 0 Å². The van der Waals surface area contributed by atoms with Gasteiger partial charge in [0.25, 0.3) is 5.91 Å². The minimum Gasteiger partial charge on any atom is -0.347 e. The number of carbonyl (C=O) groups is 1. The molecule has 0 saturated carbocycles. The second-order valence-corrected chi connectivity index (χ2v) is 8.90. The third kappa shape index (κ3) is 4.01. The van der Waals surface area contributed by atoms with Gasteiger partial charge in [-0.05, 0) is 60.2 Å². The highest BCUT2D eigenvalue weighted by molar-refractivity contribution is 5.94. The van der Waals surface area contributed by atoms with E-state index in [9.17, 15) is 4.79 Å². The number of hydrogen-bond donors (Lipinski definition) is 3. The largest absolute Gasteiger partial charge is 0.347 e. The number of carbonyl (C=O) groups excluding carboxylic acids is 1. The molecule has 158 valence electrons. The number of nitrogens with zero attached hydrogens (tertiary/aromatic N) is 3. The number of amides is 1. The van der Waals surface area contributed by atoms with Crippen LogP contribution in [0.5, 0.6) is 0 Å². The minimum atomic E-state index is -0.0525. The van der Waals surface area contributed by atoms with Gasteiger partial charge in [-0.15, -0.1) is 0 Å². The minimum absolute atomic E-state index is 0.0525. The molecule has 1 aliphatic heterocycles. The molecule has 31 heavy (non-hydrogen) atoms. The van der Waals surface area contributed by atoms with E-state index in [1.165, 1.54) is 11.3 Å². The number of benzene rings is 1. The number of pyridine rings is 1. The molecule has 3 aromatic rings. The summed E-state index contributed by atoms with van der Waals surface area (Å²) in [5.74, 6) is 0.457. The molecule has 0 bridgehead atoms. The van der Waals surface area contributed by atoms with Gasteiger partial charge < -0.3 is 16.0 Å². The molecule has 2 aromatic heterocycles. The summed E-state index contributed by atoms with van der Waals surface area (Å²) < 4.78 is 0. The Morgan fingerprint density at radius 3 is 2.68 bits per heavy atom. The van der Waals surface area contributed by atoms with Crippen molar-refractivity contribution in [2.24, 2.45) is 0 Å². The topological polar surface area (TPSA) is 91.8 Å². The van der Waals surface area contributed by atoms with Gasteiger partial charge in [-0.2, -0.15) is 0 Å². The standard InChI is InChI=1S/C24H26N6O/c1-24(2)9-7-21-19(24)11-16(12-27-21)20-8-10-26-23(30-20)29-17-5-3-15(4-6-17)22(31)28-18-13-25-14-18/h3-6,8,10-12,18,25H,7,9,13-14H2,1-2H3,(H,28,31)(H,26,29,30). The Kier molecular flexibility index (Phi) is 4.90. The highest BCUT2D eigenvalue weighted by Gasteiger charge is 2.31. The van der Waals surface area contributed by atoms with E-state index in [4.69, 9.17) is 0 Å². The molecule has 0 spiro atoms. The average Bonchev–Trinajstić information content (AvgIpc) is 3.05. The van der Waals surface area contributed by atoms with Crippen molar-refractivity contribution in [2.75, 3.05) is 18.4 Å². The van der Waals surface area contributed by atoms with E-state index in [1.807, 2.05) is 24.4 Å². The number of fused-ring (bicyclic) bond motifs is 1. The van der Waals surface area contributed by atoms with Crippen LogP contribution in [-0.4, -0.2) is 40.0 Å².